The monoisotopic (exact) mass is 524 g/mol. The van der Waals surface area contributed by atoms with E-state index in [-0.39, 0.29) is 18.1 Å². The van der Waals surface area contributed by atoms with E-state index < -0.39 is 6.10 Å². The van der Waals surface area contributed by atoms with Gasteiger partial charge in [0.2, 0.25) is 0 Å². The van der Waals surface area contributed by atoms with Gasteiger partial charge in [0.15, 0.2) is 17.7 Å². The minimum Gasteiger partial charge on any atom is -0.481 e. The lowest BCUT2D eigenvalue weighted by atomic mass is 10.2. The molecular weight excluding hydrogens is 507 g/mol. The van der Waals surface area contributed by atoms with Gasteiger partial charge >= 0.3 is 0 Å². The van der Waals surface area contributed by atoms with Crippen molar-refractivity contribution in [3.05, 3.63) is 69.0 Å². The van der Waals surface area contributed by atoms with Crippen molar-refractivity contribution < 1.29 is 13.9 Å². The molecule has 1 unspecified atom stereocenters. The van der Waals surface area contributed by atoms with Crippen LogP contribution in [-0.4, -0.2) is 33.4 Å². The van der Waals surface area contributed by atoms with Crippen molar-refractivity contribution >= 4 is 43.5 Å². The Morgan fingerprint density at radius 1 is 1.24 bits per heavy atom. The van der Waals surface area contributed by atoms with Gasteiger partial charge in [-0.1, -0.05) is 40.2 Å². The second-order valence-corrected chi connectivity index (χ2v) is 8.11. The second kappa shape index (κ2) is 9.98. The third-order valence-electron chi connectivity index (χ3n) is 4.13. The SMILES string of the molecule is CCC(Oc1ccc(Br)cc1Br)C(=O)CNc1cn(Cc2ccc(F)cc2)nn1. The van der Waals surface area contributed by atoms with Gasteiger partial charge < -0.3 is 10.1 Å². The summed E-state index contributed by atoms with van der Waals surface area (Å²) in [6.45, 7) is 2.43. The van der Waals surface area contributed by atoms with Gasteiger partial charge in [-0.15, -0.1) is 5.10 Å². The van der Waals surface area contributed by atoms with Gasteiger partial charge in [-0.3, -0.25) is 4.79 Å². The number of hydrogen-bond donors (Lipinski definition) is 1. The van der Waals surface area contributed by atoms with Gasteiger partial charge in [-0.25, -0.2) is 9.07 Å². The maximum absolute atomic E-state index is 13.0. The molecule has 1 N–H and O–H groups in total. The summed E-state index contributed by atoms with van der Waals surface area (Å²) in [5.74, 6) is 0.727. The number of aromatic nitrogens is 3. The number of halogens is 3. The summed E-state index contributed by atoms with van der Waals surface area (Å²) in [6.07, 6.45) is 1.67. The highest BCUT2D eigenvalue weighted by molar-refractivity contribution is 9.11. The first-order chi connectivity index (χ1) is 13.9. The van der Waals surface area contributed by atoms with E-state index in [1.54, 1.807) is 29.1 Å². The maximum Gasteiger partial charge on any atom is 0.192 e. The molecule has 0 aliphatic heterocycles. The molecule has 6 nitrogen and oxygen atoms in total. The van der Waals surface area contributed by atoms with Gasteiger partial charge in [0.25, 0.3) is 0 Å². The van der Waals surface area contributed by atoms with Crippen LogP contribution in [0.15, 0.2) is 57.6 Å². The molecule has 0 saturated heterocycles. The standard InChI is InChI=1S/C20H19Br2FN4O2/c1-2-18(29-19-8-5-14(21)9-16(19)22)17(28)10-24-20-12-27(26-25-20)11-13-3-6-15(23)7-4-13/h3-9,12,18,24H,2,10-11H2,1H3. The van der Waals surface area contributed by atoms with Crippen molar-refractivity contribution in [2.24, 2.45) is 0 Å². The highest BCUT2D eigenvalue weighted by atomic mass is 79.9. The van der Waals surface area contributed by atoms with Crippen molar-refractivity contribution in [3.63, 3.8) is 0 Å². The Balaban J connectivity index is 1.55. The predicted molar refractivity (Wildman–Crippen MR) is 116 cm³/mol. The zero-order chi connectivity index (χ0) is 20.8. The third-order valence-corrected chi connectivity index (χ3v) is 5.25. The van der Waals surface area contributed by atoms with E-state index in [1.807, 2.05) is 19.1 Å². The molecule has 1 atom stereocenters. The Labute approximate surface area is 184 Å². The number of carbonyl (C=O) groups is 1. The Morgan fingerprint density at radius 3 is 2.69 bits per heavy atom. The van der Waals surface area contributed by atoms with Crippen molar-refractivity contribution in [2.75, 3.05) is 11.9 Å². The zero-order valence-electron chi connectivity index (χ0n) is 15.6. The van der Waals surface area contributed by atoms with E-state index in [2.05, 4.69) is 47.5 Å². The van der Waals surface area contributed by atoms with E-state index in [0.717, 1.165) is 14.5 Å². The van der Waals surface area contributed by atoms with E-state index >= 15 is 0 Å². The number of nitrogens with one attached hydrogen (secondary N) is 1. The minimum absolute atomic E-state index is 0.0713. The number of rotatable bonds is 9. The average molecular weight is 526 g/mol. The van der Waals surface area contributed by atoms with E-state index in [0.29, 0.717) is 24.5 Å². The molecule has 3 aromatic rings. The summed E-state index contributed by atoms with van der Waals surface area (Å²) in [7, 11) is 0. The number of carbonyl (C=O) groups excluding carboxylic acids is 1. The first-order valence-electron chi connectivity index (χ1n) is 8.97. The number of hydrogen-bond acceptors (Lipinski definition) is 5. The molecule has 2 aromatic carbocycles. The fourth-order valence-corrected chi connectivity index (χ4v) is 3.77. The summed E-state index contributed by atoms with van der Waals surface area (Å²) >= 11 is 6.83. The number of ether oxygens (including phenoxy) is 1. The molecule has 1 heterocycles. The Bertz CT molecular complexity index is 979. The van der Waals surface area contributed by atoms with Crippen molar-refractivity contribution in [1.29, 1.82) is 0 Å². The molecule has 0 amide bonds. The highest BCUT2D eigenvalue weighted by Crippen LogP contribution is 2.29. The van der Waals surface area contributed by atoms with Crippen LogP contribution in [0.25, 0.3) is 0 Å². The Kier molecular flexibility index (Phi) is 7.38. The largest absolute Gasteiger partial charge is 0.481 e. The van der Waals surface area contributed by atoms with Crippen LogP contribution >= 0.6 is 31.9 Å². The molecule has 29 heavy (non-hydrogen) atoms. The van der Waals surface area contributed by atoms with Crippen LogP contribution in [0.1, 0.15) is 18.9 Å². The first-order valence-corrected chi connectivity index (χ1v) is 10.6. The van der Waals surface area contributed by atoms with Crippen LogP contribution in [0.4, 0.5) is 10.2 Å². The average Bonchev–Trinajstić information content (AvgIpc) is 3.15. The van der Waals surface area contributed by atoms with Crippen LogP contribution in [0.3, 0.4) is 0 Å². The van der Waals surface area contributed by atoms with E-state index in [1.165, 1.54) is 12.1 Å². The summed E-state index contributed by atoms with van der Waals surface area (Å²) in [5.41, 5.74) is 0.901. The molecule has 152 valence electrons. The number of nitrogens with zero attached hydrogens (tertiary/aromatic N) is 3. The quantitative estimate of drug-likeness (QED) is 0.433. The molecule has 0 bridgehead atoms. The third kappa shape index (κ3) is 6.11. The number of ketones is 1. The lowest BCUT2D eigenvalue weighted by Crippen LogP contribution is -2.32. The smallest absolute Gasteiger partial charge is 0.192 e. The fraction of sp³-hybridized carbons (Fsp3) is 0.250. The summed E-state index contributed by atoms with van der Waals surface area (Å²) in [6, 6.07) is 11.7. The van der Waals surface area contributed by atoms with Crippen LogP contribution < -0.4 is 10.1 Å². The minimum atomic E-state index is -0.575. The summed E-state index contributed by atoms with van der Waals surface area (Å²) in [4.78, 5) is 12.6. The molecule has 0 saturated carbocycles. The van der Waals surface area contributed by atoms with Crippen LogP contribution in [0, 0.1) is 5.82 Å². The van der Waals surface area contributed by atoms with E-state index in [9.17, 15) is 9.18 Å². The predicted octanol–water partition coefficient (Wildman–Crippen LogP) is 4.83. The Hall–Kier alpha value is -2.26. The summed E-state index contributed by atoms with van der Waals surface area (Å²) in [5, 5.41) is 11.0. The zero-order valence-corrected chi connectivity index (χ0v) is 18.8. The van der Waals surface area contributed by atoms with Gasteiger partial charge in [0.05, 0.1) is 23.8 Å². The molecule has 0 fully saturated rings. The first kappa shape index (κ1) is 21.4. The Morgan fingerprint density at radius 2 is 2.00 bits per heavy atom. The van der Waals surface area contributed by atoms with Crippen LogP contribution in [0.5, 0.6) is 5.75 Å². The van der Waals surface area contributed by atoms with Crippen molar-refractivity contribution in [1.82, 2.24) is 15.0 Å². The number of anilines is 1. The maximum atomic E-state index is 13.0. The highest BCUT2D eigenvalue weighted by Gasteiger charge is 2.19. The molecule has 0 spiro atoms. The molecule has 0 aliphatic carbocycles. The molecule has 9 heteroatoms. The fourth-order valence-electron chi connectivity index (χ4n) is 2.63. The van der Waals surface area contributed by atoms with Crippen molar-refractivity contribution in [2.45, 2.75) is 26.0 Å². The molecule has 0 radical (unpaired) electrons. The molecular formula is C20H19Br2FN4O2. The number of Topliss-reactive ketones (excluding diaryl/α,β-unsaturated/α-hetero) is 1. The lowest BCUT2D eigenvalue weighted by Gasteiger charge is -2.17. The molecule has 0 aliphatic rings. The topological polar surface area (TPSA) is 69.0 Å². The molecule has 3 rings (SSSR count). The summed E-state index contributed by atoms with van der Waals surface area (Å²) < 4.78 is 22.2. The number of benzene rings is 2. The normalized spacial score (nSPS) is 11.9. The lowest BCUT2D eigenvalue weighted by molar-refractivity contribution is -0.124. The van der Waals surface area contributed by atoms with Crippen LogP contribution in [0.2, 0.25) is 0 Å². The second-order valence-electron chi connectivity index (χ2n) is 6.34. The van der Waals surface area contributed by atoms with Gasteiger partial charge in [-0.05, 0) is 58.2 Å². The van der Waals surface area contributed by atoms with Crippen LogP contribution in [-0.2, 0) is 11.3 Å². The molecule has 1 aromatic heterocycles. The van der Waals surface area contributed by atoms with Gasteiger partial charge in [0.1, 0.15) is 11.6 Å². The van der Waals surface area contributed by atoms with Gasteiger partial charge in [0, 0.05) is 4.47 Å². The van der Waals surface area contributed by atoms with E-state index in [4.69, 9.17) is 4.74 Å². The van der Waals surface area contributed by atoms with Crippen molar-refractivity contribution in [3.8, 4) is 5.75 Å². The van der Waals surface area contributed by atoms with Gasteiger partial charge in [-0.2, -0.15) is 0 Å².